The first-order chi connectivity index (χ1) is 14.9. The molecule has 3 rings (SSSR count). The molecule has 0 saturated carbocycles. The number of rotatable bonds is 7. The van der Waals surface area contributed by atoms with Gasteiger partial charge in [0, 0.05) is 25.4 Å². The third-order valence-corrected chi connectivity index (χ3v) is 5.56. The number of nitrogens with zero attached hydrogens (tertiary/aromatic N) is 2. The number of hydroxylamine groups is 2. The van der Waals surface area contributed by atoms with Crippen molar-refractivity contribution in [3.63, 3.8) is 0 Å². The summed E-state index contributed by atoms with van der Waals surface area (Å²) in [7, 11) is 4.02. The number of carbonyl (C=O) groups excluding carboxylic acids is 1. The molecule has 2 aliphatic heterocycles. The molecule has 0 radical (unpaired) electrons. The zero-order valence-corrected chi connectivity index (χ0v) is 19.0. The van der Waals surface area contributed by atoms with Crippen LogP contribution < -0.4 is 4.90 Å². The molecule has 0 unspecified atom stereocenters. The van der Waals surface area contributed by atoms with E-state index in [-0.39, 0.29) is 4.32 Å². The Hall–Kier alpha value is -3.07. The summed E-state index contributed by atoms with van der Waals surface area (Å²) >= 11 is 6.32. The predicted octanol–water partition coefficient (Wildman–Crippen LogP) is 5.26. The lowest BCUT2D eigenvalue weighted by Crippen LogP contribution is -2.27. The van der Waals surface area contributed by atoms with Crippen molar-refractivity contribution in [2.75, 3.05) is 19.0 Å². The van der Waals surface area contributed by atoms with Crippen LogP contribution in [0.4, 0.5) is 5.69 Å². The zero-order valence-electron chi connectivity index (χ0n) is 17.4. The molecule has 1 fully saturated rings. The number of allylic oxidation sites excluding steroid dienone is 7. The molecule has 0 aromatic heterocycles. The second kappa shape index (κ2) is 10.3. The molecule has 1 aromatic carbocycles. The molecule has 0 spiro atoms. The maximum absolute atomic E-state index is 12.6. The van der Waals surface area contributed by atoms with Crippen molar-refractivity contribution in [3.05, 3.63) is 95.0 Å². The van der Waals surface area contributed by atoms with Gasteiger partial charge in [-0.1, -0.05) is 53.7 Å². The SMILES string of the molecule is C=COON1C(=O)/C(=C2/C=C(C)OC(/C=C/C=C/c3ccc(N(C)C)cc3)=C2)SC1=S. The second-order valence-corrected chi connectivity index (χ2v) is 8.34. The van der Waals surface area contributed by atoms with E-state index >= 15 is 0 Å². The molecular formula is C23H22N2O4S2. The van der Waals surface area contributed by atoms with Crippen LogP contribution in [0.2, 0.25) is 0 Å². The molecule has 0 atom stereocenters. The van der Waals surface area contributed by atoms with Crippen molar-refractivity contribution in [1.29, 1.82) is 0 Å². The summed E-state index contributed by atoms with van der Waals surface area (Å²) in [5.41, 5.74) is 2.93. The Balaban J connectivity index is 1.74. The quantitative estimate of drug-likeness (QED) is 0.139. The van der Waals surface area contributed by atoms with Crippen LogP contribution in [-0.2, 0) is 19.4 Å². The Morgan fingerprint density at radius 3 is 2.55 bits per heavy atom. The fraction of sp³-hybridized carbons (Fsp3) is 0.130. The highest BCUT2D eigenvalue weighted by molar-refractivity contribution is 8.26. The van der Waals surface area contributed by atoms with Crippen molar-refractivity contribution in [2.45, 2.75) is 6.92 Å². The zero-order chi connectivity index (χ0) is 22.4. The first kappa shape index (κ1) is 22.6. The molecule has 1 amide bonds. The Morgan fingerprint density at radius 2 is 1.87 bits per heavy atom. The van der Waals surface area contributed by atoms with Crippen LogP contribution in [0.3, 0.4) is 0 Å². The van der Waals surface area contributed by atoms with E-state index in [1.165, 1.54) is 0 Å². The molecule has 1 aromatic rings. The third kappa shape index (κ3) is 5.75. The molecule has 0 aliphatic carbocycles. The lowest BCUT2D eigenvalue weighted by molar-refractivity contribution is -0.350. The van der Waals surface area contributed by atoms with Crippen molar-refractivity contribution in [3.8, 4) is 0 Å². The van der Waals surface area contributed by atoms with Gasteiger partial charge in [0.2, 0.25) is 0 Å². The van der Waals surface area contributed by atoms with Crippen LogP contribution in [-0.4, -0.2) is 29.4 Å². The smallest absolute Gasteiger partial charge is 0.294 e. The summed E-state index contributed by atoms with van der Waals surface area (Å²) in [6, 6.07) is 8.25. The molecule has 6 nitrogen and oxygen atoms in total. The largest absolute Gasteiger partial charge is 0.462 e. The van der Waals surface area contributed by atoms with E-state index in [9.17, 15) is 4.79 Å². The maximum atomic E-state index is 12.6. The van der Waals surface area contributed by atoms with Crippen molar-refractivity contribution in [1.82, 2.24) is 5.06 Å². The van der Waals surface area contributed by atoms with Gasteiger partial charge in [0.05, 0.1) is 4.91 Å². The van der Waals surface area contributed by atoms with Crippen molar-refractivity contribution in [2.24, 2.45) is 0 Å². The molecule has 0 N–H and O–H groups in total. The third-order valence-electron chi connectivity index (χ3n) is 4.19. The van der Waals surface area contributed by atoms with E-state index in [1.807, 2.05) is 45.3 Å². The molecule has 2 heterocycles. The van der Waals surface area contributed by atoms with Crippen molar-refractivity contribution >= 4 is 46.0 Å². The highest BCUT2D eigenvalue weighted by Crippen LogP contribution is 2.36. The summed E-state index contributed by atoms with van der Waals surface area (Å²) in [5, 5.41) is 0.913. The van der Waals surface area contributed by atoms with Gasteiger partial charge in [-0.15, -0.1) is 5.06 Å². The van der Waals surface area contributed by atoms with E-state index < -0.39 is 5.91 Å². The Morgan fingerprint density at radius 1 is 1.16 bits per heavy atom. The monoisotopic (exact) mass is 454 g/mol. The summed E-state index contributed by atoms with van der Waals surface area (Å²) in [5.74, 6) is 0.864. The van der Waals surface area contributed by atoms with Gasteiger partial charge in [-0.2, -0.15) is 0 Å². The highest BCUT2D eigenvalue weighted by atomic mass is 32.2. The highest BCUT2D eigenvalue weighted by Gasteiger charge is 2.36. The van der Waals surface area contributed by atoms with E-state index in [2.05, 4.69) is 40.6 Å². The van der Waals surface area contributed by atoms with Crippen LogP contribution in [0.15, 0.2) is 89.5 Å². The van der Waals surface area contributed by atoms with Gasteiger partial charge >= 0.3 is 0 Å². The molecule has 0 bridgehead atoms. The van der Waals surface area contributed by atoms with Crippen LogP contribution in [0.1, 0.15) is 12.5 Å². The summed E-state index contributed by atoms with van der Waals surface area (Å²) in [4.78, 5) is 24.6. The Kier molecular flexibility index (Phi) is 7.51. The Labute approximate surface area is 191 Å². The number of carbonyl (C=O) groups is 1. The van der Waals surface area contributed by atoms with Gasteiger partial charge in [-0.05, 0) is 55.1 Å². The molecular weight excluding hydrogens is 432 g/mol. The van der Waals surface area contributed by atoms with Gasteiger partial charge in [0.25, 0.3) is 5.91 Å². The standard InChI is InChI=1S/C23H22N2O4S2/c1-5-27-29-25-22(26)21(31-23(25)30)18-14-16(2)28-20(15-18)9-7-6-8-17-10-12-19(13-11-17)24(3)4/h5-15H,1H2,2-4H3/b8-6+,9-7+,21-18+. The van der Waals surface area contributed by atoms with Crippen molar-refractivity contribution < 1.29 is 19.4 Å². The molecule has 2 aliphatic rings. The number of anilines is 1. The van der Waals surface area contributed by atoms with Crippen LogP contribution in [0, 0.1) is 0 Å². The van der Waals surface area contributed by atoms with Gasteiger partial charge in [0.1, 0.15) is 17.8 Å². The fourth-order valence-electron chi connectivity index (χ4n) is 2.74. The number of thiocarbonyl (C=S) groups is 1. The van der Waals surface area contributed by atoms with Gasteiger partial charge < -0.3 is 14.5 Å². The summed E-state index contributed by atoms with van der Waals surface area (Å²) in [6.07, 6.45) is 12.3. The normalized spacial score (nSPS) is 19.0. The minimum Gasteiger partial charge on any atom is -0.462 e. The van der Waals surface area contributed by atoms with Gasteiger partial charge in [-0.25, -0.2) is 0 Å². The number of hydrogen-bond acceptors (Lipinski definition) is 7. The van der Waals surface area contributed by atoms with Crippen LogP contribution in [0.25, 0.3) is 6.08 Å². The lowest BCUT2D eigenvalue weighted by Gasteiger charge is -2.14. The summed E-state index contributed by atoms with van der Waals surface area (Å²) < 4.78 is 5.99. The number of thioether (sulfide) groups is 1. The Bertz CT molecular complexity index is 1030. The number of amides is 1. The molecule has 31 heavy (non-hydrogen) atoms. The van der Waals surface area contributed by atoms with Crippen LogP contribution in [0.5, 0.6) is 0 Å². The molecule has 160 valence electrons. The minimum atomic E-state index is -0.404. The first-order valence-electron chi connectivity index (χ1n) is 9.34. The van der Waals surface area contributed by atoms with E-state index in [1.54, 1.807) is 12.2 Å². The number of hydrogen-bond donors (Lipinski definition) is 0. The van der Waals surface area contributed by atoms with Gasteiger partial charge in [0.15, 0.2) is 4.32 Å². The molecule has 8 heteroatoms. The molecule has 1 saturated heterocycles. The average Bonchev–Trinajstić information content (AvgIpc) is 3.03. The second-order valence-electron chi connectivity index (χ2n) is 6.70. The maximum Gasteiger partial charge on any atom is 0.294 e. The van der Waals surface area contributed by atoms with E-state index in [4.69, 9.17) is 21.9 Å². The number of ether oxygens (including phenoxy) is 1. The lowest BCUT2D eigenvalue weighted by atomic mass is 10.1. The minimum absolute atomic E-state index is 0.237. The van der Waals surface area contributed by atoms with E-state index in [0.717, 1.165) is 34.3 Å². The van der Waals surface area contributed by atoms with E-state index in [0.29, 0.717) is 22.0 Å². The fourth-order valence-corrected chi connectivity index (χ4v) is 3.88. The first-order valence-corrected chi connectivity index (χ1v) is 10.6. The average molecular weight is 455 g/mol. The topological polar surface area (TPSA) is 51.2 Å². The predicted molar refractivity (Wildman–Crippen MR) is 128 cm³/mol. The summed E-state index contributed by atoms with van der Waals surface area (Å²) in [6.45, 7) is 5.19. The number of benzene rings is 1. The van der Waals surface area contributed by atoms with Crippen LogP contribution >= 0.6 is 24.0 Å². The van der Waals surface area contributed by atoms with Gasteiger partial charge in [-0.3, -0.25) is 4.79 Å².